The van der Waals surface area contributed by atoms with Crippen molar-refractivity contribution < 1.29 is 24.5 Å². The molecule has 0 saturated heterocycles. The SMILES string of the molecule is C[C@]12CC[C@@H]3[C@@H](CC[C@@]4(O)C[C@@H](O)CC[C@]34C=O)[C@@]1(O)CC[C@@H]2c1ccc(=O)oc1. The molecule has 3 N–H and O–H groups in total. The van der Waals surface area contributed by atoms with Crippen molar-refractivity contribution in [3.8, 4) is 0 Å². The topological polar surface area (TPSA) is 108 Å². The first-order chi connectivity index (χ1) is 14.2. The van der Waals surface area contributed by atoms with Crippen LogP contribution in [0.25, 0.3) is 0 Å². The molecule has 0 bridgehead atoms. The number of carbonyl (C=O) groups is 1. The van der Waals surface area contributed by atoms with Crippen LogP contribution in [-0.4, -0.2) is 38.9 Å². The molecule has 0 spiro atoms. The van der Waals surface area contributed by atoms with Gasteiger partial charge in [0, 0.05) is 17.9 Å². The maximum atomic E-state index is 12.5. The fourth-order valence-electron chi connectivity index (χ4n) is 8.25. The second-order valence-corrected chi connectivity index (χ2v) is 10.7. The largest absolute Gasteiger partial charge is 0.431 e. The van der Waals surface area contributed by atoms with E-state index >= 15 is 0 Å². The molecule has 8 atom stereocenters. The quantitative estimate of drug-likeness (QED) is 0.640. The van der Waals surface area contributed by atoms with Crippen LogP contribution in [0, 0.1) is 22.7 Å². The van der Waals surface area contributed by atoms with E-state index in [0.717, 1.165) is 31.1 Å². The molecule has 4 aliphatic carbocycles. The minimum atomic E-state index is -1.18. The Balaban J connectivity index is 1.53. The van der Waals surface area contributed by atoms with Crippen molar-refractivity contribution >= 4 is 6.29 Å². The number of hydrogen-bond donors (Lipinski definition) is 3. The molecule has 0 unspecified atom stereocenters. The summed E-state index contributed by atoms with van der Waals surface area (Å²) in [5.41, 5.74) is -2.79. The molecule has 164 valence electrons. The van der Waals surface area contributed by atoms with Crippen LogP contribution in [0.4, 0.5) is 0 Å². The fourth-order valence-corrected chi connectivity index (χ4v) is 8.25. The Bertz CT molecular complexity index is 891. The van der Waals surface area contributed by atoms with Gasteiger partial charge in [0.2, 0.25) is 0 Å². The van der Waals surface area contributed by atoms with E-state index in [9.17, 15) is 24.9 Å². The van der Waals surface area contributed by atoms with Crippen molar-refractivity contribution in [3.63, 3.8) is 0 Å². The van der Waals surface area contributed by atoms with Gasteiger partial charge in [0.25, 0.3) is 0 Å². The molecular formula is C24H32O6. The van der Waals surface area contributed by atoms with Crippen molar-refractivity contribution in [2.45, 2.75) is 87.9 Å². The van der Waals surface area contributed by atoms with Gasteiger partial charge in [-0.25, -0.2) is 4.79 Å². The molecule has 0 amide bonds. The molecule has 1 aromatic heterocycles. The zero-order valence-corrected chi connectivity index (χ0v) is 17.5. The summed E-state index contributed by atoms with van der Waals surface area (Å²) < 4.78 is 5.12. The van der Waals surface area contributed by atoms with Gasteiger partial charge in [-0.15, -0.1) is 0 Å². The molecule has 4 saturated carbocycles. The maximum Gasteiger partial charge on any atom is 0.335 e. The van der Waals surface area contributed by atoms with Gasteiger partial charge in [0.1, 0.15) is 6.29 Å². The zero-order valence-electron chi connectivity index (χ0n) is 17.5. The smallest absolute Gasteiger partial charge is 0.335 e. The summed E-state index contributed by atoms with van der Waals surface area (Å²) in [6, 6.07) is 3.26. The lowest BCUT2D eigenvalue weighted by molar-refractivity contribution is -0.247. The van der Waals surface area contributed by atoms with E-state index in [-0.39, 0.29) is 35.2 Å². The molecule has 4 fully saturated rings. The van der Waals surface area contributed by atoms with Crippen LogP contribution in [0.3, 0.4) is 0 Å². The number of aliphatic hydroxyl groups is 3. The summed E-state index contributed by atoms with van der Waals surface area (Å²) in [5, 5.41) is 33.8. The second kappa shape index (κ2) is 6.50. The van der Waals surface area contributed by atoms with Crippen molar-refractivity contribution in [1.29, 1.82) is 0 Å². The Morgan fingerprint density at radius 3 is 2.50 bits per heavy atom. The molecule has 0 radical (unpaired) electrons. The summed E-state index contributed by atoms with van der Waals surface area (Å²) >= 11 is 0. The summed E-state index contributed by atoms with van der Waals surface area (Å²) in [7, 11) is 0. The molecule has 6 heteroatoms. The molecular weight excluding hydrogens is 384 g/mol. The highest BCUT2D eigenvalue weighted by molar-refractivity contribution is 5.64. The minimum Gasteiger partial charge on any atom is -0.431 e. The van der Waals surface area contributed by atoms with Gasteiger partial charge in [-0.1, -0.05) is 6.92 Å². The number of carbonyl (C=O) groups excluding carboxylic acids is 1. The Hall–Kier alpha value is -1.50. The van der Waals surface area contributed by atoms with Gasteiger partial charge in [-0.2, -0.15) is 0 Å². The van der Waals surface area contributed by atoms with Crippen LogP contribution in [0.5, 0.6) is 0 Å². The van der Waals surface area contributed by atoms with Crippen molar-refractivity contribution in [1.82, 2.24) is 0 Å². The van der Waals surface area contributed by atoms with Crippen LogP contribution in [-0.2, 0) is 4.79 Å². The Morgan fingerprint density at radius 1 is 1.03 bits per heavy atom. The maximum absolute atomic E-state index is 12.5. The third-order valence-electron chi connectivity index (χ3n) is 9.84. The molecule has 1 aromatic rings. The first kappa shape index (κ1) is 20.4. The summed E-state index contributed by atoms with van der Waals surface area (Å²) in [6.45, 7) is 2.14. The lowest BCUT2D eigenvalue weighted by atomic mass is 9.41. The molecule has 6 nitrogen and oxygen atoms in total. The van der Waals surface area contributed by atoms with Crippen molar-refractivity contribution in [2.24, 2.45) is 22.7 Å². The first-order valence-electron chi connectivity index (χ1n) is 11.4. The Morgan fingerprint density at radius 2 is 1.80 bits per heavy atom. The third kappa shape index (κ3) is 2.41. The highest BCUT2D eigenvalue weighted by Crippen LogP contribution is 2.70. The predicted octanol–water partition coefficient (Wildman–Crippen LogP) is 2.54. The van der Waals surface area contributed by atoms with Gasteiger partial charge < -0.3 is 24.5 Å². The van der Waals surface area contributed by atoms with Gasteiger partial charge >= 0.3 is 5.63 Å². The monoisotopic (exact) mass is 416 g/mol. The lowest BCUT2D eigenvalue weighted by Crippen LogP contribution is -2.68. The van der Waals surface area contributed by atoms with Gasteiger partial charge in [-0.05, 0) is 80.8 Å². The van der Waals surface area contributed by atoms with E-state index in [0.29, 0.717) is 32.1 Å². The standard InChI is InChI=1S/C24H32O6/c1-21-8-5-18-19(6-10-23(28)12-16(26)4-9-22(18,23)14-25)24(21,29)11-7-17(21)15-2-3-20(27)30-13-15/h2-3,13-14,16-19,26,28-29H,4-12H2,1H3/t16-,17+,18+,19+,21+,22-,23+,24-/m0/s1. The summed E-state index contributed by atoms with van der Waals surface area (Å²) in [5.74, 6) is -0.0431. The summed E-state index contributed by atoms with van der Waals surface area (Å²) in [4.78, 5) is 23.9. The van der Waals surface area contributed by atoms with E-state index in [2.05, 4.69) is 6.92 Å². The van der Waals surface area contributed by atoms with Crippen molar-refractivity contribution in [3.05, 3.63) is 34.4 Å². The molecule has 5 rings (SSSR count). The van der Waals surface area contributed by atoms with Crippen LogP contribution < -0.4 is 5.63 Å². The fraction of sp³-hybridized carbons (Fsp3) is 0.750. The minimum absolute atomic E-state index is 0.0577. The van der Waals surface area contributed by atoms with Gasteiger partial charge in [-0.3, -0.25) is 0 Å². The Labute approximate surface area is 176 Å². The van der Waals surface area contributed by atoms with E-state index in [1.807, 2.05) is 6.07 Å². The van der Waals surface area contributed by atoms with Crippen molar-refractivity contribution in [2.75, 3.05) is 0 Å². The lowest BCUT2D eigenvalue weighted by Gasteiger charge is -2.65. The second-order valence-electron chi connectivity index (χ2n) is 10.7. The highest BCUT2D eigenvalue weighted by Gasteiger charge is 2.71. The average molecular weight is 417 g/mol. The van der Waals surface area contributed by atoms with Gasteiger partial charge in [0.05, 0.1) is 29.0 Å². The normalized spacial score (nSPS) is 50.3. The van der Waals surface area contributed by atoms with E-state index in [1.54, 1.807) is 0 Å². The number of aliphatic hydroxyl groups excluding tert-OH is 1. The highest BCUT2D eigenvalue weighted by atomic mass is 16.4. The number of hydrogen-bond acceptors (Lipinski definition) is 6. The third-order valence-corrected chi connectivity index (χ3v) is 9.84. The number of rotatable bonds is 2. The first-order valence-corrected chi connectivity index (χ1v) is 11.4. The zero-order chi connectivity index (χ0) is 21.4. The van der Waals surface area contributed by atoms with Gasteiger partial charge in [0.15, 0.2) is 0 Å². The van der Waals surface area contributed by atoms with Crippen LogP contribution in [0.2, 0.25) is 0 Å². The van der Waals surface area contributed by atoms with Crippen LogP contribution in [0.1, 0.15) is 76.2 Å². The molecule has 1 heterocycles. The molecule has 30 heavy (non-hydrogen) atoms. The van der Waals surface area contributed by atoms with E-state index < -0.39 is 22.7 Å². The van der Waals surface area contributed by atoms with E-state index in [1.165, 1.54) is 12.3 Å². The van der Waals surface area contributed by atoms with Crippen LogP contribution in [0.15, 0.2) is 27.6 Å². The predicted molar refractivity (Wildman–Crippen MR) is 109 cm³/mol. The number of aldehydes is 1. The molecule has 0 aromatic carbocycles. The Kier molecular flexibility index (Phi) is 4.42. The van der Waals surface area contributed by atoms with Crippen LogP contribution >= 0.6 is 0 Å². The molecule has 0 aliphatic heterocycles. The average Bonchev–Trinajstić information content (AvgIpc) is 2.99. The summed E-state index contributed by atoms with van der Waals surface area (Å²) in [6.07, 6.45) is 7.24. The van der Waals surface area contributed by atoms with E-state index in [4.69, 9.17) is 4.42 Å². The number of fused-ring (bicyclic) bond motifs is 5. The molecule has 4 aliphatic rings.